The van der Waals surface area contributed by atoms with E-state index in [1.54, 1.807) is 23.4 Å². The maximum absolute atomic E-state index is 12.9. The summed E-state index contributed by atoms with van der Waals surface area (Å²) in [5, 5.41) is 2.93. The van der Waals surface area contributed by atoms with E-state index in [4.69, 9.17) is 0 Å². The Hall–Kier alpha value is -1.40. The lowest BCUT2D eigenvalue weighted by Crippen LogP contribution is -2.36. The van der Waals surface area contributed by atoms with Gasteiger partial charge < -0.3 is 5.32 Å². The Bertz CT molecular complexity index is 680. The van der Waals surface area contributed by atoms with Crippen LogP contribution < -0.4 is 5.32 Å². The highest BCUT2D eigenvalue weighted by atomic mass is 32.2. The summed E-state index contributed by atoms with van der Waals surface area (Å²) in [6.07, 6.45) is 4.75. The predicted octanol–water partition coefficient (Wildman–Crippen LogP) is 3.09. The molecule has 1 N–H and O–H groups in total. The van der Waals surface area contributed by atoms with Gasteiger partial charge in [0.2, 0.25) is 10.0 Å². The number of hydrogen-bond acceptors (Lipinski definition) is 3. The lowest BCUT2D eigenvalue weighted by atomic mass is 10.1. The van der Waals surface area contributed by atoms with Crippen molar-refractivity contribution in [1.82, 2.24) is 9.62 Å². The van der Waals surface area contributed by atoms with Crippen molar-refractivity contribution in [2.75, 3.05) is 13.1 Å². The van der Waals surface area contributed by atoms with Gasteiger partial charge in [0.05, 0.1) is 4.90 Å². The third-order valence-corrected chi connectivity index (χ3v) is 6.52. The molecule has 0 unspecified atom stereocenters. The highest BCUT2D eigenvalue weighted by Gasteiger charge is 2.28. The number of nitrogens with one attached hydrogen (secondary N) is 1. The summed E-state index contributed by atoms with van der Waals surface area (Å²) in [7, 11) is -3.53. The van der Waals surface area contributed by atoms with Gasteiger partial charge in [-0.2, -0.15) is 4.31 Å². The summed E-state index contributed by atoms with van der Waals surface area (Å²) in [5.41, 5.74) is 1.08. The van der Waals surface area contributed by atoms with Gasteiger partial charge >= 0.3 is 0 Å². The van der Waals surface area contributed by atoms with Crippen molar-refractivity contribution in [1.29, 1.82) is 0 Å². The van der Waals surface area contributed by atoms with E-state index < -0.39 is 10.0 Å². The predicted molar refractivity (Wildman–Crippen MR) is 95.6 cm³/mol. The Morgan fingerprint density at radius 3 is 2.54 bits per heavy atom. The Balaban J connectivity index is 2.26. The molecular weight excluding hydrogens is 324 g/mol. The third kappa shape index (κ3) is 4.36. The van der Waals surface area contributed by atoms with E-state index in [0.717, 1.165) is 32.1 Å². The molecule has 0 aliphatic carbocycles. The summed E-state index contributed by atoms with van der Waals surface area (Å²) in [6.45, 7) is 6.93. The number of piperidine rings is 1. The summed E-state index contributed by atoms with van der Waals surface area (Å²) >= 11 is 0. The van der Waals surface area contributed by atoms with Gasteiger partial charge in [-0.1, -0.05) is 25.8 Å². The topological polar surface area (TPSA) is 66.5 Å². The minimum Gasteiger partial charge on any atom is -0.350 e. The standard InChI is InChI=1S/C18H28N2O3S/c1-4-8-15(3)19-18(21)16-10-9-14(2)17(13-16)24(22,23)20-11-6-5-7-12-20/h9-10,13,15H,4-8,11-12H2,1-3H3,(H,19,21)/t15-/m0/s1. The van der Waals surface area contributed by atoms with Crippen molar-refractivity contribution in [2.24, 2.45) is 0 Å². The molecule has 0 aromatic heterocycles. The molecule has 6 heteroatoms. The van der Waals surface area contributed by atoms with Crippen LogP contribution in [0.5, 0.6) is 0 Å². The van der Waals surface area contributed by atoms with E-state index in [0.29, 0.717) is 24.2 Å². The van der Waals surface area contributed by atoms with Gasteiger partial charge in [-0.25, -0.2) is 8.42 Å². The third-order valence-electron chi connectivity index (χ3n) is 4.48. The van der Waals surface area contributed by atoms with Crippen LogP contribution in [0.4, 0.5) is 0 Å². The minimum absolute atomic E-state index is 0.0750. The monoisotopic (exact) mass is 352 g/mol. The zero-order valence-electron chi connectivity index (χ0n) is 14.8. The number of benzene rings is 1. The van der Waals surface area contributed by atoms with Crippen molar-refractivity contribution < 1.29 is 13.2 Å². The van der Waals surface area contributed by atoms with Gasteiger partial charge in [-0.3, -0.25) is 4.79 Å². The van der Waals surface area contributed by atoms with Crippen LogP contribution in [-0.2, 0) is 10.0 Å². The zero-order chi connectivity index (χ0) is 17.7. The molecule has 1 atom stereocenters. The zero-order valence-corrected chi connectivity index (χ0v) is 15.7. The molecular formula is C18H28N2O3S. The molecule has 1 aliphatic rings. The molecule has 2 rings (SSSR count). The van der Waals surface area contributed by atoms with Crippen molar-refractivity contribution in [3.8, 4) is 0 Å². The molecule has 1 fully saturated rings. The number of carbonyl (C=O) groups is 1. The van der Waals surface area contributed by atoms with E-state index in [2.05, 4.69) is 12.2 Å². The molecule has 1 aromatic carbocycles. The van der Waals surface area contributed by atoms with Crippen LogP contribution in [0.3, 0.4) is 0 Å². The molecule has 5 nitrogen and oxygen atoms in total. The average Bonchev–Trinajstić information content (AvgIpc) is 2.56. The average molecular weight is 353 g/mol. The van der Waals surface area contributed by atoms with Crippen LogP contribution >= 0.6 is 0 Å². The molecule has 24 heavy (non-hydrogen) atoms. The van der Waals surface area contributed by atoms with Gasteiger partial charge in [0.25, 0.3) is 5.91 Å². The van der Waals surface area contributed by atoms with Crippen molar-refractivity contribution >= 4 is 15.9 Å². The first-order chi connectivity index (χ1) is 11.4. The SMILES string of the molecule is CCC[C@H](C)NC(=O)c1ccc(C)c(S(=O)(=O)N2CCCCC2)c1. The number of hydrogen-bond donors (Lipinski definition) is 1. The fourth-order valence-corrected chi connectivity index (χ4v) is 4.84. The highest BCUT2D eigenvalue weighted by molar-refractivity contribution is 7.89. The number of carbonyl (C=O) groups excluding carboxylic acids is 1. The molecule has 1 amide bonds. The molecule has 1 aromatic rings. The maximum atomic E-state index is 12.9. The van der Waals surface area contributed by atoms with Gasteiger partial charge in [0.15, 0.2) is 0 Å². The second-order valence-electron chi connectivity index (χ2n) is 6.61. The van der Waals surface area contributed by atoms with Crippen LogP contribution in [0, 0.1) is 6.92 Å². The van der Waals surface area contributed by atoms with Crippen molar-refractivity contribution in [3.05, 3.63) is 29.3 Å². The van der Waals surface area contributed by atoms with E-state index in [9.17, 15) is 13.2 Å². The Labute approximate surface area is 145 Å². The number of rotatable bonds is 6. The summed E-state index contributed by atoms with van der Waals surface area (Å²) in [4.78, 5) is 12.6. The number of aryl methyl sites for hydroxylation is 1. The summed E-state index contributed by atoms with van der Waals surface area (Å²) in [5.74, 6) is -0.217. The second kappa shape index (κ2) is 8.12. The first-order valence-electron chi connectivity index (χ1n) is 8.78. The molecule has 0 spiro atoms. The van der Waals surface area contributed by atoms with E-state index in [1.165, 1.54) is 6.07 Å². The Morgan fingerprint density at radius 1 is 1.25 bits per heavy atom. The molecule has 1 heterocycles. The summed E-state index contributed by atoms with van der Waals surface area (Å²) in [6, 6.07) is 5.01. The van der Waals surface area contributed by atoms with Crippen LogP contribution in [-0.4, -0.2) is 37.8 Å². The van der Waals surface area contributed by atoms with Crippen molar-refractivity contribution in [3.63, 3.8) is 0 Å². The number of nitrogens with zero attached hydrogens (tertiary/aromatic N) is 1. The van der Waals surface area contributed by atoms with Gasteiger partial charge in [-0.05, 0) is 50.8 Å². The van der Waals surface area contributed by atoms with Crippen LogP contribution in [0.25, 0.3) is 0 Å². The van der Waals surface area contributed by atoms with Crippen LogP contribution in [0.1, 0.15) is 61.9 Å². The fourth-order valence-electron chi connectivity index (χ4n) is 3.08. The largest absolute Gasteiger partial charge is 0.350 e. The smallest absolute Gasteiger partial charge is 0.251 e. The van der Waals surface area contributed by atoms with Gasteiger partial charge in [0.1, 0.15) is 0 Å². The summed E-state index contributed by atoms with van der Waals surface area (Å²) < 4.78 is 27.3. The normalized spacial score (nSPS) is 17.5. The van der Waals surface area contributed by atoms with Crippen LogP contribution in [0.2, 0.25) is 0 Å². The minimum atomic E-state index is -3.53. The molecule has 0 bridgehead atoms. The number of amides is 1. The number of sulfonamides is 1. The van der Waals surface area contributed by atoms with E-state index in [-0.39, 0.29) is 16.8 Å². The first-order valence-corrected chi connectivity index (χ1v) is 10.2. The van der Waals surface area contributed by atoms with E-state index >= 15 is 0 Å². The molecule has 1 aliphatic heterocycles. The quantitative estimate of drug-likeness (QED) is 0.855. The van der Waals surface area contributed by atoms with Gasteiger partial charge in [0, 0.05) is 24.7 Å². The molecule has 0 saturated carbocycles. The Kier molecular flexibility index (Phi) is 6.40. The fraction of sp³-hybridized carbons (Fsp3) is 0.611. The highest BCUT2D eigenvalue weighted by Crippen LogP contribution is 2.24. The maximum Gasteiger partial charge on any atom is 0.251 e. The molecule has 0 radical (unpaired) electrons. The van der Waals surface area contributed by atoms with Gasteiger partial charge in [-0.15, -0.1) is 0 Å². The second-order valence-corrected chi connectivity index (χ2v) is 8.51. The van der Waals surface area contributed by atoms with E-state index in [1.807, 2.05) is 6.92 Å². The first kappa shape index (κ1) is 18.9. The lowest BCUT2D eigenvalue weighted by molar-refractivity contribution is 0.0938. The Morgan fingerprint density at radius 2 is 1.92 bits per heavy atom. The molecule has 1 saturated heterocycles. The van der Waals surface area contributed by atoms with Crippen molar-refractivity contribution in [2.45, 2.75) is 63.8 Å². The lowest BCUT2D eigenvalue weighted by Gasteiger charge is -2.26. The molecule has 134 valence electrons. The van der Waals surface area contributed by atoms with Crippen LogP contribution in [0.15, 0.2) is 23.1 Å².